The first-order valence-corrected chi connectivity index (χ1v) is 8.34. The monoisotopic (exact) mass is 354 g/mol. The van der Waals surface area contributed by atoms with E-state index in [0.29, 0.717) is 18.4 Å². The van der Waals surface area contributed by atoms with Gasteiger partial charge in [-0.3, -0.25) is 9.59 Å². The van der Waals surface area contributed by atoms with Gasteiger partial charge in [-0.2, -0.15) is 0 Å². The van der Waals surface area contributed by atoms with Crippen LogP contribution in [-0.2, 0) is 20.7 Å². The fourth-order valence-electron chi connectivity index (χ4n) is 2.44. The van der Waals surface area contributed by atoms with Crippen molar-refractivity contribution >= 4 is 17.8 Å². The lowest BCUT2D eigenvalue weighted by atomic mass is 10.1. The summed E-state index contributed by atoms with van der Waals surface area (Å²) in [5.41, 5.74) is 1.53. The summed E-state index contributed by atoms with van der Waals surface area (Å²) in [6.07, 6.45) is 1.03. The molecule has 136 valence electrons. The summed E-state index contributed by atoms with van der Waals surface area (Å²) < 4.78 is 4.76. The standard InChI is InChI=1S/C20H22N2O4/c1-26-20(25)17(13-12-15-8-4-2-5-9-15)22-18(23)14-21-19(24)16-10-6-3-7-11-16/h2-11,17H,12-14H2,1H3,(H,21,24)(H,22,23)/t17-/m1/s1. The molecule has 26 heavy (non-hydrogen) atoms. The van der Waals surface area contributed by atoms with E-state index in [0.717, 1.165) is 5.56 Å². The SMILES string of the molecule is COC(=O)[C@@H](CCc1ccccc1)NC(=O)CNC(=O)c1ccccc1. The number of benzene rings is 2. The van der Waals surface area contributed by atoms with E-state index >= 15 is 0 Å². The van der Waals surface area contributed by atoms with Crippen LogP contribution in [0.2, 0.25) is 0 Å². The summed E-state index contributed by atoms with van der Waals surface area (Å²) in [4.78, 5) is 35.9. The van der Waals surface area contributed by atoms with Crippen LogP contribution < -0.4 is 10.6 Å². The van der Waals surface area contributed by atoms with Gasteiger partial charge in [-0.25, -0.2) is 4.79 Å². The van der Waals surface area contributed by atoms with E-state index in [1.807, 2.05) is 30.3 Å². The van der Waals surface area contributed by atoms with E-state index in [1.54, 1.807) is 30.3 Å². The zero-order valence-electron chi connectivity index (χ0n) is 14.6. The molecule has 0 unspecified atom stereocenters. The van der Waals surface area contributed by atoms with Gasteiger partial charge in [0.1, 0.15) is 6.04 Å². The van der Waals surface area contributed by atoms with Crippen LogP contribution in [0, 0.1) is 0 Å². The van der Waals surface area contributed by atoms with Crippen LogP contribution in [0.1, 0.15) is 22.3 Å². The molecule has 0 aliphatic rings. The molecule has 0 fully saturated rings. The van der Waals surface area contributed by atoms with E-state index in [4.69, 9.17) is 4.74 Å². The van der Waals surface area contributed by atoms with Crippen LogP contribution in [0.4, 0.5) is 0 Å². The molecule has 0 aliphatic heterocycles. The minimum Gasteiger partial charge on any atom is -0.467 e. The first kappa shape index (κ1) is 19.2. The number of carbonyl (C=O) groups excluding carboxylic acids is 3. The van der Waals surface area contributed by atoms with E-state index in [2.05, 4.69) is 10.6 Å². The molecule has 0 aromatic heterocycles. The first-order chi connectivity index (χ1) is 12.6. The highest BCUT2D eigenvalue weighted by Crippen LogP contribution is 2.06. The Morgan fingerprint density at radius 3 is 2.19 bits per heavy atom. The number of hydrogen-bond donors (Lipinski definition) is 2. The second kappa shape index (κ2) is 9.98. The van der Waals surface area contributed by atoms with Gasteiger partial charge in [0.2, 0.25) is 5.91 Å². The third-order valence-corrected chi connectivity index (χ3v) is 3.83. The lowest BCUT2D eigenvalue weighted by Gasteiger charge is -2.16. The summed E-state index contributed by atoms with van der Waals surface area (Å²) in [5, 5.41) is 5.15. The number of amides is 2. The quantitative estimate of drug-likeness (QED) is 0.707. The van der Waals surface area contributed by atoms with Crippen molar-refractivity contribution in [1.82, 2.24) is 10.6 Å². The van der Waals surface area contributed by atoms with E-state index < -0.39 is 17.9 Å². The zero-order chi connectivity index (χ0) is 18.8. The summed E-state index contributed by atoms with van der Waals surface area (Å²) in [5.74, 6) is -1.30. The predicted octanol–water partition coefficient (Wildman–Crippen LogP) is 1.71. The zero-order valence-corrected chi connectivity index (χ0v) is 14.6. The fraction of sp³-hybridized carbons (Fsp3) is 0.250. The Morgan fingerprint density at radius 2 is 1.58 bits per heavy atom. The Hall–Kier alpha value is -3.15. The molecule has 2 aromatic rings. The Labute approximate surface area is 152 Å². The Bertz CT molecular complexity index is 732. The molecular weight excluding hydrogens is 332 g/mol. The van der Waals surface area contributed by atoms with Crippen molar-refractivity contribution in [3.63, 3.8) is 0 Å². The minimum atomic E-state index is -0.763. The normalized spacial score (nSPS) is 11.3. The van der Waals surface area contributed by atoms with E-state index in [9.17, 15) is 14.4 Å². The van der Waals surface area contributed by atoms with Crippen LogP contribution >= 0.6 is 0 Å². The molecule has 0 radical (unpaired) electrons. The van der Waals surface area contributed by atoms with Crippen molar-refractivity contribution in [2.24, 2.45) is 0 Å². The molecule has 2 rings (SSSR count). The van der Waals surface area contributed by atoms with E-state index in [-0.39, 0.29) is 12.5 Å². The van der Waals surface area contributed by atoms with Gasteiger partial charge < -0.3 is 15.4 Å². The van der Waals surface area contributed by atoms with Crippen molar-refractivity contribution < 1.29 is 19.1 Å². The highest BCUT2D eigenvalue weighted by molar-refractivity contribution is 5.96. The molecule has 1 atom stereocenters. The third-order valence-electron chi connectivity index (χ3n) is 3.83. The van der Waals surface area contributed by atoms with Crippen molar-refractivity contribution in [1.29, 1.82) is 0 Å². The number of rotatable bonds is 8. The van der Waals surface area contributed by atoms with Crippen LogP contribution in [0.5, 0.6) is 0 Å². The number of carbonyl (C=O) groups is 3. The Kier molecular flexibility index (Phi) is 7.36. The van der Waals surface area contributed by atoms with Crippen LogP contribution in [0.25, 0.3) is 0 Å². The molecule has 2 amide bonds. The topological polar surface area (TPSA) is 84.5 Å². The molecule has 2 N–H and O–H groups in total. The molecule has 0 spiro atoms. The van der Waals surface area contributed by atoms with E-state index in [1.165, 1.54) is 7.11 Å². The van der Waals surface area contributed by atoms with Gasteiger partial charge in [-0.15, -0.1) is 0 Å². The van der Waals surface area contributed by atoms with Crippen molar-refractivity contribution in [3.8, 4) is 0 Å². The molecule has 0 bridgehead atoms. The predicted molar refractivity (Wildman–Crippen MR) is 97.5 cm³/mol. The second-order valence-electron chi connectivity index (χ2n) is 5.72. The van der Waals surface area contributed by atoms with Crippen LogP contribution in [0.3, 0.4) is 0 Å². The Morgan fingerprint density at radius 1 is 0.962 bits per heavy atom. The summed E-state index contributed by atoms with van der Waals surface area (Å²) in [6, 6.07) is 17.5. The highest BCUT2D eigenvalue weighted by Gasteiger charge is 2.21. The number of aryl methyl sites for hydroxylation is 1. The average molecular weight is 354 g/mol. The highest BCUT2D eigenvalue weighted by atomic mass is 16.5. The number of hydrogen-bond acceptors (Lipinski definition) is 4. The lowest BCUT2D eigenvalue weighted by molar-refractivity contribution is -0.145. The first-order valence-electron chi connectivity index (χ1n) is 8.34. The second-order valence-corrected chi connectivity index (χ2v) is 5.72. The van der Waals surface area contributed by atoms with Crippen LogP contribution in [-0.4, -0.2) is 37.5 Å². The third kappa shape index (κ3) is 6.05. The van der Waals surface area contributed by atoms with Gasteiger partial charge >= 0.3 is 5.97 Å². The molecule has 6 heteroatoms. The molecule has 6 nitrogen and oxygen atoms in total. The molecule has 0 aliphatic carbocycles. The average Bonchev–Trinajstić information content (AvgIpc) is 2.70. The summed E-state index contributed by atoms with van der Waals surface area (Å²) in [7, 11) is 1.28. The Balaban J connectivity index is 1.85. The largest absolute Gasteiger partial charge is 0.467 e. The summed E-state index contributed by atoms with van der Waals surface area (Å²) in [6.45, 7) is -0.216. The number of esters is 1. The maximum Gasteiger partial charge on any atom is 0.328 e. The number of methoxy groups -OCH3 is 1. The maximum atomic E-state index is 12.1. The smallest absolute Gasteiger partial charge is 0.328 e. The van der Waals surface area contributed by atoms with Gasteiger partial charge in [-0.05, 0) is 30.5 Å². The number of nitrogens with one attached hydrogen (secondary N) is 2. The van der Waals surface area contributed by atoms with Crippen molar-refractivity contribution in [3.05, 3.63) is 71.8 Å². The molecule has 2 aromatic carbocycles. The molecular formula is C20H22N2O4. The van der Waals surface area contributed by atoms with Crippen LogP contribution in [0.15, 0.2) is 60.7 Å². The van der Waals surface area contributed by atoms with Gasteiger partial charge in [0.25, 0.3) is 5.91 Å². The lowest BCUT2D eigenvalue weighted by Crippen LogP contribution is -2.46. The fourth-order valence-corrected chi connectivity index (χ4v) is 2.44. The molecule has 0 saturated heterocycles. The van der Waals surface area contributed by atoms with Crippen molar-refractivity contribution in [2.75, 3.05) is 13.7 Å². The summed E-state index contributed by atoms with van der Waals surface area (Å²) >= 11 is 0. The molecule has 0 saturated carbocycles. The van der Waals surface area contributed by atoms with Gasteiger partial charge in [0, 0.05) is 5.56 Å². The van der Waals surface area contributed by atoms with Crippen molar-refractivity contribution in [2.45, 2.75) is 18.9 Å². The van der Waals surface area contributed by atoms with Gasteiger partial charge in [-0.1, -0.05) is 48.5 Å². The van der Waals surface area contributed by atoms with Gasteiger partial charge in [0.05, 0.1) is 13.7 Å². The number of ether oxygens (including phenoxy) is 1. The maximum absolute atomic E-state index is 12.1. The molecule has 0 heterocycles. The minimum absolute atomic E-state index is 0.216. The van der Waals surface area contributed by atoms with Gasteiger partial charge in [0.15, 0.2) is 0 Å².